The van der Waals surface area contributed by atoms with Crippen molar-refractivity contribution in [1.29, 1.82) is 0 Å². The van der Waals surface area contributed by atoms with Crippen LogP contribution >= 0.6 is 17.0 Å². The van der Waals surface area contributed by atoms with Crippen molar-refractivity contribution in [2.45, 2.75) is 18.6 Å². The summed E-state index contributed by atoms with van der Waals surface area (Å²) in [6.07, 6.45) is 1.08. The highest BCUT2D eigenvalue weighted by atomic mass is 79.9. The van der Waals surface area contributed by atoms with E-state index >= 15 is 0 Å². The Morgan fingerprint density at radius 2 is 2.44 bits per heavy atom. The van der Waals surface area contributed by atoms with Gasteiger partial charge >= 0.3 is 5.97 Å². The van der Waals surface area contributed by atoms with Crippen molar-refractivity contribution in [1.82, 2.24) is 5.32 Å². The molecular formula is C5H8BrNO2. The zero-order chi connectivity index (χ0) is 5.56. The highest BCUT2D eigenvalue weighted by molar-refractivity contribution is 8.93. The van der Waals surface area contributed by atoms with Crippen LogP contribution in [0.25, 0.3) is 0 Å². The highest BCUT2D eigenvalue weighted by Crippen LogP contribution is 2.19. The molecule has 1 N–H and O–H groups in total. The predicted molar refractivity (Wildman–Crippen MR) is 36.6 cm³/mol. The first-order valence-corrected chi connectivity index (χ1v) is 2.80. The van der Waals surface area contributed by atoms with E-state index in [-0.39, 0.29) is 35.1 Å². The van der Waals surface area contributed by atoms with Gasteiger partial charge in [-0.2, -0.15) is 0 Å². The molecular weight excluding hydrogens is 186 g/mol. The van der Waals surface area contributed by atoms with Gasteiger partial charge in [-0.1, -0.05) is 0 Å². The number of fused-ring (bicyclic) bond motifs is 2. The number of ether oxygens (including phenoxy) is 1. The lowest BCUT2D eigenvalue weighted by Crippen LogP contribution is -2.35. The van der Waals surface area contributed by atoms with E-state index < -0.39 is 0 Å². The van der Waals surface area contributed by atoms with Gasteiger partial charge in [0.1, 0.15) is 12.1 Å². The van der Waals surface area contributed by atoms with Gasteiger partial charge in [0.25, 0.3) is 0 Å². The summed E-state index contributed by atoms with van der Waals surface area (Å²) < 4.78 is 4.86. The second-order valence-electron chi connectivity index (χ2n) is 2.26. The summed E-state index contributed by atoms with van der Waals surface area (Å²) in [5.41, 5.74) is 0. The van der Waals surface area contributed by atoms with Crippen LogP contribution in [0.1, 0.15) is 6.42 Å². The number of carbonyl (C=O) groups excluding carboxylic acids is 1. The summed E-state index contributed by atoms with van der Waals surface area (Å²) in [6, 6.07) is 0.0278. The van der Waals surface area contributed by atoms with Crippen LogP contribution in [0.3, 0.4) is 0 Å². The molecule has 0 aliphatic carbocycles. The number of hydrogen-bond acceptors (Lipinski definition) is 3. The van der Waals surface area contributed by atoms with Crippen molar-refractivity contribution in [3.63, 3.8) is 0 Å². The molecule has 4 heteroatoms. The first-order valence-electron chi connectivity index (χ1n) is 2.80. The Morgan fingerprint density at radius 3 is 2.67 bits per heavy atom. The maximum absolute atomic E-state index is 10.6. The summed E-state index contributed by atoms with van der Waals surface area (Å²) in [7, 11) is 0. The van der Waals surface area contributed by atoms with Crippen LogP contribution in [0.2, 0.25) is 0 Å². The average molecular weight is 194 g/mol. The smallest absolute Gasteiger partial charge is 0.323 e. The quantitative estimate of drug-likeness (QED) is 0.545. The molecule has 0 aromatic rings. The first kappa shape index (κ1) is 7.02. The molecule has 3 nitrogen and oxygen atoms in total. The highest BCUT2D eigenvalue weighted by Gasteiger charge is 2.39. The van der Waals surface area contributed by atoms with E-state index in [1.165, 1.54) is 0 Å². The molecule has 1 unspecified atom stereocenters. The van der Waals surface area contributed by atoms with Crippen LogP contribution in [-0.4, -0.2) is 24.7 Å². The van der Waals surface area contributed by atoms with Gasteiger partial charge in [-0.3, -0.25) is 4.79 Å². The van der Waals surface area contributed by atoms with E-state index in [0.717, 1.165) is 13.0 Å². The minimum Gasteiger partial charge on any atom is -0.460 e. The Labute approximate surface area is 63.5 Å². The zero-order valence-corrected chi connectivity index (χ0v) is 6.51. The van der Waals surface area contributed by atoms with Gasteiger partial charge < -0.3 is 10.1 Å². The molecule has 2 atom stereocenters. The summed E-state index contributed by atoms with van der Waals surface area (Å²) in [4.78, 5) is 10.6. The van der Waals surface area contributed by atoms with Crippen molar-refractivity contribution in [2.75, 3.05) is 6.54 Å². The lowest BCUT2D eigenvalue weighted by molar-refractivity contribution is -0.145. The van der Waals surface area contributed by atoms with Gasteiger partial charge in [0, 0.05) is 13.0 Å². The summed E-state index contributed by atoms with van der Waals surface area (Å²) in [6.45, 7) is 0.858. The van der Waals surface area contributed by atoms with Gasteiger partial charge in [-0.15, -0.1) is 17.0 Å². The standard InChI is InChI=1S/C5H7NO2.BrH/c7-5-4-1-3(8-5)2-6-4;/h3-4,6H,1-2H2;1H/t3?,4-;/m0./s1. The number of nitrogens with one attached hydrogen (secondary N) is 1. The zero-order valence-electron chi connectivity index (χ0n) is 4.79. The average Bonchev–Trinajstić information content (AvgIpc) is 2.23. The van der Waals surface area contributed by atoms with E-state index in [1.807, 2.05) is 0 Å². The first-order chi connectivity index (χ1) is 3.86. The molecule has 2 fully saturated rings. The normalized spacial score (nSPS) is 38.0. The minimum absolute atomic E-state index is 0. The molecule has 0 aromatic heterocycles. The van der Waals surface area contributed by atoms with Crippen LogP contribution < -0.4 is 5.32 Å². The Balaban J connectivity index is 0.000000405. The summed E-state index contributed by atoms with van der Waals surface area (Å²) in [5.74, 6) is -0.0683. The second kappa shape index (κ2) is 2.27. The SMILES string of the molecule is Br.O=C1OC2CN[C@H]1C2. The van der Waals surface area contributed by atoms with Crippen LogP contribution in [0.15, 0.2) is 0 Å². The fraction of sp³-hybridized carbons (Fsp3) is 0.800. The van der Waals surface area contributed by atoms with Crippen molar-refractivity contribution in [3.05, 3.63) is 0 Å². The molecule has 0 radical (unpaired) electrons. The van der Waals surface area contributed by atoms with E-state index in [2.05, 4.69) is 5.32 Å². The third-order valence-corrected chi connectivity index (χ3v) is 1.66. The van der Waals surface area contributed by atoms with E-state index in [0.29, 0.717) is 0 Å². The van der Waals surface area contributed by atoms with Crippen molar-refractivity contribution >= 4 is 23.0 Å². The maximum atomic E-state index is 10.6. The van der Waals surface area contributed by atoms with Gasteiger partial charge in [0.15, 0.2) is 0 Å². The molecule has 2 aliphatic rings. The van der Waals surface area contributed by atoms with Crippen molar-refractivity contribution in [3.8, 4) is 0 Å². The number of hydrogen-bond donors (Lipinski definition) is 1. The van der Waals surface area contributed by atoms with Crippen LogP contribution in [-0.2, 0) is 9.53 Å². The molecule has 52 valence electrons. The molecule has 2 aliphatic heterocycles. The molecule has 0 aromatic carbocycles. The summed E-state index contributed by atoms with van der Waals surface area (Å²) >= 11 is 0. The van der Waals surface area contributed by atoms with E-state index in [9.17, 15) is 4.79 Å². The second-order valence-corrected chi connectivity index (χ2v) is 2.26. The predicted octanol–water partition coefficient (Wildman–Crippen LogP) is -0.148. The maximum Gasteiger partial charge on any atom is 0.323 e. The van der Waals surface area contributed by atoms with Crippen LogP contribution in [0.5, 0.6) is 0 Å². The topological polar surface area (TPSA) is 38.3 Å². The Bertz CT molecular complexity index is 139. The van der Waals surface area contributed by atoms with Crippen molar-refractivity contribution in [2.24, 2.45) is 0 Å². The lowest BCUT2D eigenvalue weighted by atomic mass is 10.2. The molecule has 9 heavy (non-hydrogen) atoms. The number of halogens is 1. The van der Waals surface area contributed by atoms with Crippen LogP contribution in [0, 0.1) is 0 Å². The number of esters is 1. The molecule has 2 rings (SSSR count). The molecule has 0 spiro atoms. The molecule has 2 heterocycles. The van der Waals surface area contributed by atoms with E-state index in [1.54, 1.807) is 0 Å². The molecule has 2 saturated heterocycles. The Hall–Kier alpha value is -0.0900. The lowest BCUT2D eigenvalue weighted by Gasteiger charge is -2.09. The fourth-order valence-corrected chi connectivity index (χ4v) is 1.22. The van der Waals surface area contributed by atoms with Gasteiger partial charge in [-0.25, -0.2) is 0 Å². The van der Waals surface area contributed by atoms with E-state index in [4.69, 9.17) is 4.74 Å². The monoisotopic (exact) mass is 193 g/mol. The largest absolute Gasteiger partial charge is 0.460 e. The van der Waals surface area contributed by atoms with Gasteiger partial charge in [0.05, 0.1) is 0 Å². The van der Waals surface area contributed by atoms with Gasteiger partial charge in [-0.05, 0) is 0 Å². The number of carbonyl (C=O) groups is 1. The number of rotatable bonds is 0. The fourth-order valence-electron chi connectivity index (χ4n) is 1.22. The minimum atomic E-state index is -0.0683. The van der Waals surface area contributed by atoms with Gasteiger partial charge in [0.2, 0.25) is 0 Å². The Kier molecular flexibility index (Phi) is 1.77. The summed E-state index contributed by atoms with van der Waals surface area (Å²) in [5, 5.41) is 3.03. The molecule has 0 amide bonds. The third-order valence-electron chi connectivity index (χ3n) is 1.66. The Morgan fingerprint density at radius 1 is 1.67 bits per heavy atom. The molecule has 0 saturated carbocycles. The molecule has 2 bridgehead atoms. The van der Waals surface area contributed by atoms with Crippen molar-refractivity contribution < 1.29 is 9.53 Å². The van der Waals surface area contributed by atoms with Crippen LogP contribution in [0.4, 0.5) is 0 Å². The number of morpholine rings is 1. The third kappa shape index (κ3) is 0.966.